The Bertz CT molecular complexity index is 990. The van der Waals surface area contributed by atoms with Crippen molar-refractivity contribution in [1.29, 1.82) is 0 Å². The van der Waals surface area contributed by atoms with Crippen molar-refractivity contribution in [1.82, 2.24) is 10.6 Å². The zero-order valence-corrected chi connectivity index (χ0v) is 24.4. The number of hydrogen-bond acceptors (Lipinski definition) is 9. The molecule has 0 radical (unpaired) electrons. The fourth-order valence-electron chi connectivity index (χ4n) is 3.26. The molecule has 0 bridgehead atoms. The van der Waals surface area contributed by atoms with E-state index < -0.39 is 41.6 Å². The molecule has 0 spiro atoms. The van der Waals surface area contributed by atoms with Crippen molar-refractivity contribution < 1.29 is 33.4 Å². The number of amides is 2. The first-order chi connectivity index (χ1) is 18.9. The van der Waals surface area contributed by atoms with Gasteiger partial charge in [-0.2, -0.15) is 0 Å². The molecule has 13 heteroatoms. The molecule has 2 atom stereocenters. The number of ether oxygens (including phenoxy) is 3. The molecule has 0 aromatic heterocycles. The van der Waals surface area contributed by atoms with Crippen LogP contribution in [0.4, 0.5) is 10.5 Å². The van der Waals surface area contributed by atoms with Gasteiger partial charge < -0.3 is 30.6 Å². The Balaban J connectivity index is 0. The fraction of sp³-hybridized carbons (Fsp3) is 0.643. The molecule has 0 saturated carbocycles. The summed E-state index contributed by atoms with van der Waals surface area (Å²) < 4.78 is 14.3. The lowest BCUT2D eigenvalue weighted by molar-refractivity contribution is -0.143. The Morgan fingerprint density at radius 1 is 1.02 bits per heavy atom. The third-order valence-electron chi connectivity index (χ3n) is 5.27. The summed E-state index contributed by atoms with van der Waals surface area (Å²) in [7, 11) is 2.61. The summed E-state index contributed by atoms with van der Waals surface area (Å²) in [5.74, 6) is -1.27. The lowest BCUT2D eigenvalue weighted by Gasteiger charge is -2.19. The Hall–Kier alpha value is -3.83. The van der Waals surface area contributed by atoms with Crippen LogP contribution in [0.15, 0.2) is 29.4 Å². The number of esters is 2. The minimum Gasteiger partial charge on any atom is -0.468 e. The lowest BCUT2D eigenvalue weighted by Crippen LogP contribution is -2.41. The summed E-state index contributed by atoms with van der Waals surface area (Å²) in [5, 5.41) is 8.75. The van der Waals surface area contributed by atoms with E-state index in [9.17, 15) is 19.2 Å². The number of nitrogens with zero attached hydrogens (tertiary/aromatic N) is 3. The number of methoxy groups -OCH3 is 2. The SMILES string of the molecule is C.CCCCC[C@H](NC(=O)c1cccc(N=[N+]=[N-])c1)C(=O)OC.COC(=O)[C@@H](N)CCCCNC(=O)OC(C)(C)C. The summed E-state index contributed by atoms with van der Waals surface area (Å²) in [4.78, 5) is 48.9. The minimum absolute atomic E-state index is 0. The van der Waals surface area contributed by atoms with Gasteiger partial charge in [-0.15, -0.1) is 0 Å². The average molecular weight is 581 g/mol. The molecule has 4 N–H and O–H groups in total. The van der Waals surface area contributed by atoms with Gasteiger partial charge in [0.2, 0.25) is 0 Å². The monoisotopic (exact) mass is 580 g/mol. The van der Waals surface area contributed by atoms with E-state index in [1.165, 1.54) is 20.3 Å². The summed E-state index contributed by atoms with van der Waals surface area (Å²) >= 11 is 0. The molecular weight excluding hydrogens is 532 g/mol. The van der Waals surface area contributed by atoms with E-state index in [2.05, 4.69) is 32.3 Å². The Morgan fingerprint density at radius 2 is 1.66 bits per heavy atom. The van der Waals surface area contributed by atoms with E-state index in [4.69, 9.17) is 20.7 Å². The summed E-state index contributed by atoms with van der Waals surface area (Å²) in [6.45, 7) is 7.99. The third kappa shape index (κ3) is 19.0. The highest BCUT2D eigenvalue weighted by Crippen LogP contribution is 2.15. The van der Waals surface area contributed by atoms with Gasteiger partial charge in [0, 0.05) is 22.7 Å². The molecule has 1 aromatic rings. The first-order valence-electron chi connectivity index (χ1n) is 13.2. The van der Waals surface area contributed by atoms with Crippen LogP contribution in [-0.2, 0) is 23.8 Å². The van der Waals surface area contributed by atoms with Gasteiger partial charge in [0.05, 0.1) is 14.2 Å². The number of unbranched alkanes of at least 4 members (excludes halogenated alkanes) is 3. The van der Waals surface area contributed by atoms with Gasteiger partial charge in [-0.25, -0.2) is 9.59 Å². The van der Waals surface area contributed by atoms with Crippen molar-refractivity contribution in [2.24, 2.45) is 10.8 Å². The van der Waals surface area contributed by atoms with Gasteiger partial charge in [0.1, 0.15) is 17.7 Å². The largest absolute Gasteiger partial charge is 0.468 e. The van der Waals surface area contributed by atoms with E-state index in [0.717, 1.165) is 32.1 Å². The number of carbonyl (C=O) groups excluding carboxylic acids is 4. The zero-order chi connectivity index (χ0) is 30.6. The number of hydrogen-bond donors (Lipinski definition) is 3. The van der Waals surface area contributed by atoms with Crippen LogP contribution < -0.4 is 16.4 Å². The molecule has 0 unspecified atom stereocenters. The summed E-state index contributed by atoms with van der Waals surface area (Å²) in [6, 6.07) is 5.00. The maximum Gasteiger partial charge on any atom is 0.407 e. The topological polar surface area (TPSA) is 195 Å². The quantitative estimate of drug-likeness (QED) is 0.0658. The Labute approximate surface area is 243 Å². The van der Waals surface area contributed by atoms with Gasteiger partial charge in [0.15, 0.2) is 0 Å². The van der Waals surface area contributed by atoms with Gasteiger partial charge in [0.25, 0.3) is 5.91 Å². The van der Waals surface area contributed by atoms with Gasteiger partial charge in [-0.3, -0.25) is 9.59 Å². The first-order valence-corrected chi connectivity index (χ1v) is 13.2. The Kier molecular flexibility index (Phi) is 21.0. The fourth-order valence-corrected chi connectivity index (χ4v) is 3.26. The molecule has 0 aliphatic rings. The van der Waals surface area contributed by atoms with Crippen LogP contribution in [0, 0.1) is 0 Å². The maximum absolute atomic E-state index is 12.2. The van der Waals surface area contributed by atoms with Gasteiger partial charge in [-0.05, 0) is 64.1 Å². The van der Waals surface area contributed by atoms with E-state index in [0.29, 0.717) is 30.6 Å². The number of alkyl carbamates (subject to hydrolysis) is 1. The number of nitrogens with one attached hydrogen (secondary N) is 2. The van der Waals surface area contributed by atoms with Crippen molar-refractivity contribution in [3.8, 4) is 0 Å². The maximum atomic E-state index is 12.2. The number of benzene rings is 1. The van der Waals surface area contributed by atoms with E-state index in [-0.39, 0.29) is 7.43 Å². The van der Waals surface area contributed by atoms with Crippen LogP contribution in [0.25, 0.3) is 10.4 Å². The number of carbonyl (C=O) groups is 4. The van der Waals surface area contributed by atoms with Crippen LogP contribution in [0.5, 0.6) is 0 Å². The third-order valence-corrected chi connectivity index (χ3v) is 5.27. The minimum atomic E-state index is -0.674. The smallest absolute Gasteiger partial charge is 0.407 e. The van der Waals surface area contributed by atoms with E-state index >= 15 is 0 Å². The number of nitrogens with two attached hydrogens (primary N) is 1. The molecule has 0 saturated heterocycles. The van der Waals surface area contributed by atoms with Crippen LogP contribution in [0.2, 0.25) is 0 Å². The predicted molar refractivity (Wildman–Crippen MR) is 157 cm³/mol. The predicted octanol–water partition coefficient (Wildman–Crippen LogP) is 5.30. The number of rotatable bonds is 14. The van der Waals surface area contributed by atoms with Crippen molar-refractivity contribution in [2.45, 2.75) is 97.8 Å². The first kappa shape index (κ1) is 39.3. The zero-order valence-electron chi connectivity index (χ0n) is 24.4. The van der Waals surface area contributed by atoms with Crippen LogP contribution in [0.1, 0.15) is 90.4 Å². The summed E-state index contributed by atoms with van der Waals surface area (Å²) in [5.41, 5.74) is 14.2. The molecule has 13 nitrogen and oxygen atoms in total. The van der Waals surface area contributed by atoms with Crippen molar-refractivity contribution >= 4 is 29.6 Å². The second-order valence-corrected chi connectivity index (χ2v) is 9.84. The highest BCUT2D eigenvalue weighted by molar-refractivity contribution is 5.97. The molecule has 0 aliphatic carbocycles. The molecule has 41 heavy (non-hydrogen) atoms. The highest BCUT2D eigenvalue weighted by atomic mass is 16.6. The lowest BCUT2D eigenvalue weighted by atomic mass is 10.1. The van der Waals surface area contributed by atoms with Crippen molar-refractivity contribution in [2.75, 3.05) is 20.8 Å². The molecule has 2 amide bonds. The Morgan fingerprint density at radius 3 is 2.22 bits per heavy atom. The molecule has 232 valence electrons. The molecule has 1 aromatic carbocycles. The second-order valence-electron chi connectivity index (χ2n) is 9.84. The highest BCUT2D eigenvalue weighted by Gasteiger charge is 2.21. The van der Waals surface area contributed by atoms with Crippen LogP contribution in [0.3, 0.4) is 0 Å². The van der Waals surface area contributed by atoms with Crippen molar-refractivity contribution in [3.63, 3.8) is 0 Å². The standard InChI is InChI=1S/C15H20N4O3.C12H24N2O4.CH4/c1-3-4-5-9-13(15(21)22-2)17-14(20)11-7-6-8-12(10-11)18-19-16;1-12(2,3)18-11(16)14-8-6-5-7-9(13)10(15)17-4;/h6-8,10,13H,3-5,9H2,1-2H3,(H,17,20);9H,5-8,13H2,1-4H3,(H,14,16);1H4/t13-;9-;/m00./s1. The van der Waals surface area contributed by atoms with Gasteiger partial charge >= 0.3 is 18.0 Å². The second kappa shape index (κ2) is 21.9. The molecular formula is C28H48N6O7. The molecule has 0 aliphatic heterocycles. The van der Waals surface area contributed by atoms with E-state index in [1.807, 2.05) is 20.8 Å². The van der Waals surface area contributed by atoms with Gasteiger partial charge in [-0.1, -0.05) is 50.9 Å². The van der Waals surface area contributed by atoms with E-state index in [1.54, 1.807) is 18.2 Å². The van der Waals surface area contributed by atoms with Crippen LogP contribution >= 0.6 is 0 Å². The molecule has 1 rings (SSSR count). The normalized spacial score (nSPS) is 11.6. The molecule has 0 fully saturated rings. The molecule has 0 heterocycles. The number of azide groups is 1. The summed E-state index contributed by atoms with van der Waals surface area (Å²) in [6.07, 6.45) is 4.96. The average Bonchev–Trinajstić information content (AvgIpc) is 2.91. The van der Waals surface area contributed by atoms with Crippen molar-refractivity contribution in [3.05, 3.63) is 40.3 Å². The van der Waals surface area contributed by atoms with Crippen LogP contribution in [-0.4, -0.2) is 62.4 Å².